The van der Waals surface area contributed by atoms with Gasteiger partial charge in [0, 0.05) is 0 Å². The molecule has 1 amide bonds. The Morgan fingerprint density at radius 2 is 1.56 bits per heavy atom. The van der Waals surface area contributed by atoms with Crippen LogP contribution in [0.25, 0.3) is 0 Å². The Labute approximate surface area is 150 Å². The third-order valence-electron chi connectivity index (χ3n) is 2.75. The Morgan fingerprint density at radius 1 is 1.04 bits per heavy atom. The van der Waals surface area contributed by atoms with Crippen LogP contribution in [0.15, 0.2) is 12.7 Å². The summed E-state index contributed by atoms with van der Waals surface area (Å²) in [4.78, 5) is 36.2. The summed E-state index contributed by atoms with van der Waals surface area (Å²) in [5, 5.41) is 2.47. The van der Waals surface area contributed by atoms with E-state index in [-0.39, 0.29) is 13.0 Å². The van der Waals surface area contributed by atoms with Gasteiger partial charge in [-0.1, -0.05) is 19.6 Å². The van der Waals surface area contributed by atoms with E-state index in [4.69, 9.17) is 14.2 Å². The highest BCUT2D eigenvalue weighted by Crippen LogP contribution is 2.16. The highest BCUT2D eigenvalue weighted by molar-refractivity contribution is 5.82. The first-order chi connectivity index (χ1) is 11.2. The molecule has 0 aliphatic carbocycles. The van der Waals surface area contributed by atoms with E-state index in [2.05, 4.69) is 11.9 Å². The summed E-state index contributed by atoms with van der Waals surface area (Å²) >= 11 is 0. The lowest BCUT2D eigenvalue weighted by Crippen LogP contribution is -2.48. The molecule has 0 heterocycles. The number of carbonyl (C=O) groups excluding carboxylic acids is 3. The van der Waals surface area contributed by atoms with Crippen LogP contribution in [0.1, 0.15) is 54.9 Å². The first-order valence-corrected chi connectivity index (χ1v) is 8.24. The Morgan fingerprint density at radius 3 is 2.00 bits per heavy atom. The van der Waals surface area contributed by atoms with Crippen LogP contribution in [-0.2, 0) is 23.8 Å². The zero-order valence-corrected chi connectivity index (χ0v) is 16.3. The van der Waals surface area contributed by atoms with Crippen molar-refractivity contribution in [3.8, 4) is 0 Å². The standard InChI is InChI=1S/C18H31NO6/c1-9-10-23-15(21)14(19-16(22)25-18(6,7)8)12(2)11-13(20)24-17(3,4)5/h9,12,14H,1,10-11H2,2-8H3,(H,19,22)/t12-,14+/m0/s1. The normalized spacial score (nSPS) is 14.0. The molecular formula is C18H31NO6. The molecule has 0 unspecified atom stereocenters. The molecule has 0 aliphatic rings. The minimum Gasteiger partial charge on any atom is -0.460 e. The van der Waals surface area contributed by atoms with E-state index in [0.717, 1.165) is 0 Å². The molecule has 0 rings (SSSR count). The van der Waals surface area contributed by atoms with E-state index in [1.54, 1.807) is 48.5 Å². The molecule has 0 spiro atoms. The van der Waals surface area contributed by atoms with Crippen LogP contribution in [0.4, 0.5) is 4.79 Å². The summed E-state index contributed by atoms with van der Waals surface area (Å²) in [6.45, 7) is 15.5. The largest absolute Gasteiger partial charge is 0.460 e. The van der Waals surface area contributed by atoms with E-state index in [1.165, 1.54) is 6.08 Å². The lowest BCUT2D eigenvalue weighted by atomic mass is 9.98. The predicted octanol–water partition coefficient (Wildman–Crippen LogP) is 2.98. The van der Waals surface area contributed by atoms with Crippen molar-refractivity contribution in [1.29, 1.82) is 0 Å². The fraction of sp³-hybridized carbons (Fsp3) is 0.722. The first-order valence-electron chi connectivity index (χ1n) is 8.24. The summed E-state index contributed by atoms with van der Waals surface area (Å²) in [5.41, 5.74) is -1.34. The second kappa shape index (κ2) is 9.44. The molecule has 2 atom stereocenters. The first kappa shape index (κ1) is 22.9. The number of ether oxygens (including phenoxy) is 3. The monoisotopic (exact) mass is 357 g/mol. The maximum Gasteiger partial charge on any atom is 0.408 e. The van der Waals surface area contributed by atoms with Crippen molar-refractivity contribution in [3.63, 3.8) is 0 Å². The van der Waals surface area contributed by atoms with E-state index in [0.29, 0.717) is 0 Å². The van der Waals surface area contributed by atoms with Gasteiger partial charge in [0.25, 0.3) is 0 Å². The van der Waals surface area contributed by atoms with Crippen molar-refractivity contribution in [3.05, 3.63) is 12.7 Å². The van der Waals surface area contributed by atoms with Gasteiger partial charge in [0.2, 0.25) is 0 Å². The highest BCUT2D eigenvalue weighted by atomic mass is 16.6. The molecule has 25 heavy (non-hydrogen) atoms. The van der Waals surface area contributed by atoms with Crippen LogP contribution >= 0.6 is 0 Å². The Bertz CT molecular complexity index is 487. The smallest absolute Gasteiger partial charge is 0.408 e. The lowest BCUT2D eigenvalue weighted by Gasteiger charge is -2.26. The third kappa shape index (κ3) is 11.2. The summed E-state index contributed by atoms with van der Waals surface area (Å²) in [6.07, 6.45) is 0.603. The van der Waals surface area contributed by atoms with Crippen LogP contribution in [0.2, 0.25) is 0 Å². The van der Waals surface area contributed by atoms with Crippen LogP contribution in [0, 0.1) is 5.92 Å². The van der Waals surface area contributed by atoms with E-state index in [9.17, 15) is 14.4 Å². The van der Waals surface area contributed by atoms with Crippen molar-refractivity contribution in [2.75, 3.05) is 6.61 Å². The molecule has 144 valence electrons. The number of rotatable bonds is 7. The molecule has 7 nitrogen and oxygen atoms in total. The zero-order valence-electron chi connectivity index (χ0n) is 16.3. The zero-order chi connectivity index (χ0) is 19.8. The minimum atomic E-state index is -1.04. The quantitative estimate of drug-likeness (QED) is 0.428. The fourth-order valence-corrected chi connectivity index (χ4v) is 1.86. The summed E-state index contributed by atoms with van der Waals surface area (Å²) in [5.74, 6) is -1.67. The van der Waals surface area contributed by atoms with Crippen molar-refractivity contribution in [1.82, 2.24) is 5.32 Å². The van der Waals surface area contributed by atoms with Crippen LogP contribution in [0.3, 0.4) is 0 Å². The fourth-order valence-electron chi connectivity index (χ4n) is 1.86. The second-order valence-electron chi connectivity index (χ2n) is 7.81. The summed E-state index contributed by atoms with van der Waals surface area (Å²) < 4.78 is 15.4. The Hall–Kier alpha value is -2.05. The molecular weight excluding hydrogens is 326 g/mol. The molecule has 0 aromatic rings. The van der Waals surface area contributed by atoms with Gasteiger partial charge in [-0.3, -0.25) is 4.79 Å². The number of nitrogens with one attached hydrogen (secondary N) is 1. The third-order valence-corrected chi connectivity index (χ3v) is 2.75. The maximum atomic E-state index is 12.2. The Kier molecular flexibility index (Phi) is 8.66. The topological polar surface area (TPSA) is 90.9 Å². The SMILES string of the molecule is C=CCOC(=O)[C@H](NC(=O)OC(C)(C)C)[C@@H](C)CC(=O)OC(C)(C)C. The summed E-state index contributed by atoms with van der Waals surface area (Å²) in [7, 11) is 0. The van der Waals surface area contributed by atoms with Gasteiger partial charge < -0.3 is 19.5 Å². The van der Waals surface area contributed by atoms with Crippen molar-refractivity contribution in [2.24, 2.45) is 5.92 Å². The van der Waals surface area contributed by atoms with Gasteiger partial charge in [-0.05, 0) is 47.5 Å². The van der Waals surface area contributed by atoms with Gasteiger partial charge in [-0.2, -0.15) is 0 Å². The lowest BCUT2D eigenvalue weighted by molar-refractivity contribution is -0.156. The van der Waals surface area contributed by atoms with Gasteiger partial charge in [-0.15, -0.1) is 0 Å². The van der Waals surface area contributed by atoms with Crippen molar-refractivity contribution in [2.45, 2.75) is 72.1 Å². The summed E-state index contributed by atoms with van der Waals surface area (Å²) in [6, 6.07) is -1.04. The molecule has 0 aromatic heterocycles. The van der Waals surface area contributed by atoms with Crippen molar-refractivity contribution < 1.29 is 28.6 Å². The van der Waals surface area contributed by atoms with E-state index < -0.39 is 41.2 Å². The van der Waals surface area contributed by atoms with Gasteiger partial charge in [0.05, 0.1) is 6.42 Å². The van der Waals surface area contributed by atoms with E-state index >= 15 is 0 Å². The number of esters is 2. The number of hydrogen-bond donors (Lipinski definition) is 1. The second-order valence-corrected chi connectivity index (χ2v) is 7.81. The van der Waals surface area contributed by atoms with Crippen LogP contribution in [0.5, 0.6) is 0 Å². The maximum absolute atomic E-state index is 12.2. The van der Waals surface area contributed by atoms with E-state index in [1.807, 2.05) is 0 Å². The molecule has 1 N–H and O–H groups in total. The molecule has 0 aromatic carbocycles. The Balaban J connectivity index is 5.04. The average Bonchev–Trinajstić information content (AvgIpc) is 2.37. The number of carbonyl (C=O) groups is 3. The van der Waals surface area contributed by atoms with Gasteiger partial charge >= 0.3 is 18.0 Å². The molecule has 0 saturated carbocycles. The van der Waals surface area contributed by atoms with Gasteiger partial charge in [0.15, 0.2) is 0 Å². The van der Waals surface area contributed by atoms with Crippen LogP contribution < -0.4 is 5.32 Å². The van der Waals surface area contributed by atoms with Crippen LogP contribution in [-0.4, -0.2) is 41.9 Å². The van der Waals surface area contributed by atoms with Gasteiger partial charge in [-0.25, -0.2) is 9.59 Å². The molecule has 0 saturated heterocycles. The highest BCUT2D eigenvalue weighted by Gasteiger charge is 2.32. The molecule has 0 bridgehead atoms. The minimum absolute atomic E-state index is 0.00445. The predicted molar refractivity (Wildman–Crippen MR) is 93.9 cm³/mol. The molecule has 0 radical (unpaired) electrons. The number of alkyl carbamates (subject to hydrolysis) is 1. The molecule has 7 heteroatoms. The molecule has 0 fully saturated rings. The number of hydrogen-bond acceptors (Lipinski definition) is 6. The molecule has 0 aliphatic heterocycles. The average molecular weight is 357 g/mol. The number of amides is 1. The van der Waals surface area contributed by atoms with Crippen molar-refractivity contribution >= 4 is 18.0 Å². The van der Waals surface area contributed by atoms with Gasteiger partial charge in [0.1, 0.15) is 23.9 Å².